The number of anilines is 1. The minimum atomic E-state index is -0.983. The molecule has 2 aromatic rings. The molecule has 0 aliphatic carbocycles. The third-order valence-electron chi connectivity index (χ3n) is 3.40. The summed E-state index contributed by atoms with van der Waals surface area (Å²) in [6, 6.07) is 9.44. The summed E-state index contributed by atoms with van der Waals surface area (Å²) in [6.07, 6.45) is 2.17. The molecule has 1 heterocycles. The Bertz CT molecular complexity index is 610. The van der Waals surface area contributed by atoms with Gasteiger partial charge in [0.25, 0.3) is 0 Å². The second kappa shape index (κ2) is 6.37. The van der Waals surface area contributed by atoms with Crippen molar-refractivity contribution in [1.82, 2.24) is 4.98 Å². The van der Waals surface area contributed by atoms with Gasteiger partial charge in [-0.1, -0.05) is 37.6 Å². The van der Waals surface area contributed by atoms with E-state index in [2.05, 4.69) is 23.7 Å². The largest absolute Gasteiger partial charge is 0.477 e. The minimum absolute atomic E-state index is 0.105. The molecule has 0 atom stereocenters. The molecule has 0 unspecified atom stereocenters. The molecule has 4 nitrogen and oxygen atoms in total. The number of rotatable bonds is 6. The fraction of sp³-hybridized carbons (Fsp3) is 0.375. The first-order valence-corrected chi connectivity index (χ1v) is 7.05. The Morgan fingerprint density at radius 3 is 2.70 bits per heavy atom. The Balaban J connectivity index is 2.56. The first kappa shape index (κ1) is 14.3. The van der Waals surface area contributed by atoms with Crippen molar-refractivity contribution in [1.29, 1.82) is 0 Å². The molecule has 2 rings (SSSR count). The molecule has 0 saturated carbocycles. The summed E-state index contributed by atoms with van der Waals surface area (Å²) in [4.78, 5) is 17.7. The number of benzene rings is 1. The fourth-order valence-electron chi connectivity index (χ4n) is 2.29. The van der Waals surface area contributed by atoms with Gasteiger partial charge in [0.1, 0.15) is 5.82 Å². The maximum atomic E-state index is 11.2. The van der Waals surface area contributed by atoms with Crippen molar-refractivity contribution in [2.45, 2.75) is 26.7 Å². The van der Waals surface area contributed by atoms with Gasteiger partial charge in [0.15, 0.2) is 5.69 Å². The molecule has 0 fully saturated rings. The number of carbonyl (C=O) groups is 1. The van der Waals surface area contributed by atoms with Crippen molar-refractivity contribution in [2.24, 2.45) is 0 Å². The zero-order chi connectivity index (χ0) is 14.5. The molecule has 1 aromatic carbocycles. The number of aromatic carboxylic acids is 1. The summed E-state index contributed by atoms with van der Waals surface area (Å²) in [7, 11) is 0. The maximum Gasteiger partial charge on any atom is 0.354 e. The number of carboxylic acid groups (broad SMARTS) is 1. The predicted octanol–water partition coefficient (Wildman–Crippen LogP) is 3.56. The number of hydrogen-bond donors (Lipinski definition) is 1. The summed E-state index contributed by atoms with van der Waals surface area (Å²) in [5, 5.41) is 11.1. The average Bonchev–Trinajstić information content (AvgIpc) is 2.47. The van der Waals surface area contributed by atoms with Gasteiger partial charge in [-0.05, 0) is 24.8 Å². The van der Waals surface area contributed by atoms with E-state index in [9.17, 15) is 9.90 Å². The summed E-state index contributed by atoms with van der Waals surface area (Å²) >= 11 is 0. The maximum absolute atomic E-state index is 11.2. The van der Waals surface area contributed by atoms with Gasteiger partial charge in [-0.2, -0.15) is 0 Å². The molecule has 0 aliphatic heterocycles. The van der Waals surface area contributed by atoms with Crippen molar-refractivity contribution < 1.29 is 9.90 Å². The van der Waals surface area contributed by atoms with E-state index < -0.39 is 5.97 Å². The molecular formula is C16H20N2O2. The lowest BCUT2D eigenvalue weighted by Gasteiger charge is -2.23. The van der Waals surface area contributed by atoms with Crippen LogP contribution in [0.2, 0.25) is 0 Å². The Labute approximate surface area is 119 Å². The number of fused-ring (bicyclic) bond motifs is 1. The first-order chi connectivity index (χ1) is 9.67. The first-order valence-electron chi connectivity index (χ1n) is 7.05. The van der Waals surface area contributed by atoms with Crippen molar-refractivity contribution in [3.05, 3.63) is 36.0 Å². The third-order valence-corrected chi connectivity index (χ3v) is 3.40. The highest BCUT2D eigenvalue weighted by Crippen LogP contribution is 2.26. The Hall–Kier alpha value is -2.10. The monoisotopic (exact) mass is 272 g/mol. The molecule has 0 radical (unpaired) electrons. The van der Waals surface area contributed by atoms with Crippen LogP contribution in [0.25, 0.3) is 10.8 Å². The van der Waals surface area contributed by atoms with Crippen LogP contribution in [0.4, 0.5) is 5.82 Å². The van der Waals surface area contributed by atoms with Crippen LogP contribution in [-0.4, -0.2) is 29.1 Å². The summed E-state index contributed by atoms with van der Waals surface area (Å²) in [5.74, 6) is -0.208. The van der Waals surface area contributed by atoms with Crippen LogP contribution in [0.3, 0.4) is 0 Å². The van der Waals surface area contributed by atoms with Gasteiger partial charge in [-0.3, -0.25) is 0 Å². The van der Waals surface area contributed by atoms with E-state index in [0.29, 0.717) is 0 Å². The molecular weight excluding hydrogens is 252 g/mol. The van der Waals surface area contributed by atoms with E-state index in [4.69, 9.17) is 0 Å². The van der Waals surface area contributed by atoms with Gasteiger partial charge < -0.3 is 10.0 Å². The van der Waals surface area contributed by atoms with Gasteiger partial charge in [0.05, 0.1) is 0 Å². The van der Waals surface area contributed by atoms with Gasteiger partial charge >= 0.3 is 5.97 Å². The molecule has 0 aliphatic rings. The van der Waals surface area contributed by atoms with E-state index in [1.807, 2.05) is 24.3 Å². The normalized spacial score (nSPS) is 10.7. The minimum Gasteiger partial charge on any atom is -0.477 e. The molecule has 0 bridgehead atoms. The van der Waals surface area contributed by atoms with Gasteiger partial charge in [0, 0.05) is 18.5 Å². The lowest BCUT2D eigenvalue weighted by molar-refractivity contribution is 0.0691. The Morgan fingerprint density at radius 2 is 2.05 bits per heavy atom. The van der Waals surface area contributed by atoms with E-state index >= 15 is 0 Å². The predicted molar refractivity (Wildman–Crippen MR) is 81.5 cm³/mol. The summed E-state index contributed by atoms with van der Waals surface area (Å²) < 4.78 is 0. The number of carboxylic acids is 1. The van der Waals surface area contributed by atoms with Gasteiger partial charge in [-0.15, -0.1) is 0 Å². The molecule has 1 N–H and O–H groups in total. The van der Waals surface area contributed by atoms with Gasteiger partial charge in [-0.25, -0.2) is 9.78 Å². The number of nitrogens with zero attached hydrogens (tertiary/aromatic N) is 2. The van der Waals surface area contributed by atoms with Crippen molar-refractivity contribution in [3.63, 3.8) is 0 Å². The standard InChI is InChI=1S/C16H20N2O2/c1-3-5-10-18(4-2)15-13-9-7-6-8-12(13)11-14(17-15)16(19)20/h6-9,11H,3-5,10H2,1-2H3,(H,19,20). The number of pyridine rings is 1. The molecule has 20 heavy (non-hydrogen) atoms. The summed E-state index contributed by atoms with van der Waals surface area (Å²) in [6.45, 7) is 5.93. The lowest BCUT2D eigenvalue weighted by atomic mass is 10.1. The van der Waals surface area contributed by atoms with Crippen LogP contribution in [0.15, 0.2) is 30.3 Å². The van der Waals surface area contributed by atoms with Crippen molar-refractivity contribution in [2.75, 3.05) is 18.0 Å². The van der Waals surface area contributed by atoms with Crippen molar-refractivity contribution >= 4 is 22.6 Å². The third kappa shape index (κ3) is 2.90. The number of aromatic nitrogens is 1. The van der Waals surface area contributed by atoms with Crippen LogP contribution < -0.4 is 4.90 Å². The molecule has 1 aromatic heterocycles. The zero-order valence-electron chi connectivity index (χ0n) is 12.0. The van der Waals surface area contributed by atoms with E-state index in [1.54, 1.807) is 6.07 Å². The highest BCUT2D eigenvalue weighted by molar-refractivity contribution is 5.98. The van der Waals surface area contributed by atoms with E-state index in [0.717, 1.165) is 42.5 Å². The van der Waals surface area contributed by atoms with Crippen LogP contribution >= 0.6 is 0 Å². The topological polar surface area (TPSA) is 53.4 Å². The molecule has 106 valence electrons. The molecule has 0 spiro atoms. The van der Waals surface area contributed by atoms with Crippen LogP contribution in [-0.2, 0) is 0 Å². The highest BCUT2D eigenvalue weighted by atomic mass is 16.4. The van der Waals surface area contributed by atoms with Gasteiger partial charge in [0.2, 0.25) is 0 Å². The van der Waals surface area contributed by atoms with Crippen LogP contribution in [0.1, 0.15) is 37.2 Å². The average molecular weight is 272 g/mol. The molecule has 4 heteroatoms. The zero-order valence-corrected chi connectivity index (χ0v) is 12.0. The number of unbranched alkanes of at least 4 members (excludes halogenated alkanes) is 1. The number of hydrogen-bond acceptors (Lipinski definition) is 3. The Kier molecular flexibility index (Phi) is 4.56. The fourth-order valence-corrected chi connectivity index (χ4v) is 2.29. The highest BCUT2D eigenvalue weighted by Gasteiger charge is 2.14. The quantitative estimate of drug-likeness (QED) is 0.873. The SMILES string of the molecule is CCCCN(CC)c1nc(C(=O)O)cc2ccccc12. The Morgan fingerprint density at radius 1 is 1.30 bits per heavy atom. The van der Waals surface area contributed by atoms with Crippen LogP contribution in [0, 0.1) is 0 Å². The molecule has 0 saturated heterocycles. The summed E-state index contributed by atoms with van der Waals surface area (Å²) in [5.41, 5.74) is 0.105. The van der Waals surface area contributed by atoms with Crippen LogP contribution in [0.5, 0.6) is 0 Å². The second-order valence-corrected chi connectivity index (χ2v) is 4.79. The smallest absolute Gasteiger partial charge is 0.354 e. The van der Waals surface area contributed by atoms with E-state index in [1.165, 1.54) is 0 Å². The molecule has 0 amide bonds. The van der Waals surface area contributed by atoms with E-state index in [-0.39, 0.29) is 5.69 Å². The van der Waals surface area contributed by atoms with Crippen molar-refractivity contribution in [3.8, 4) is 0 Å². The second-order valence-electron chi connectivity index (χ2n) is 4.79. The lowest BCUT2D eigenvalue weighted by Crippen LogP contribution is -2.25.